The molecule has 0 fully saturated rings. The number of nitriles is 1. The number of nitrogens with one attached hydrogen (secondary N) is 1. The number of hydrogen-bond acceptors (Lipinski definition) is 2. The molecule has 0 bridgehead atoms. The Labute approximate surface area is 119 Å². The van der Waals surface area contributed by atoms with Gasteiger partial charge in [-0.05, 0) is 52.4 Å². The highest BCUT2D eigenvalue weighted by Gasteiger charge is 2.06. The Morgan fingerprint density at radius 2 is 1.89 bits per heavy atom. The van der Waals surface area contributed by atoms with E-state index in [1.54, 1.807) is 12.1 Å². The van der Waals surface area contributed by atoms with Gasteiger partial charge in [0.05, 0.1) is 5.69 Å². The summed E-state index contributed by atoms with van der Waals surface area (Å²) in [5.41, 5.74) is 1.67. The number of anilines is 1. The van der Waals surface area contributed by atoms with Gasteiger partial charge in [-0.25, -0.2) is 4.39 Å². The standard InChI is InChI=1S/C14H10FIN2/c15-13-2-1-3-14(12(13)8-17)18-9-10-4-6-11(16)7-5-10/h1-7,18H,9H2. The maximum absolute atomic E-state index is 13.4. The molecule has 0 radical (unpaired) electrons. The SMILES string of the molecule is N#Cc1c(F)cccc1NCc1ccc(I)cc1. The zero-order chi connectivity index (χ0) is 13.0. The van der Waals surface area contributed by atoms with Gasteiger partial charge in [0.1, 0.15) is 17.4 Å². The Morgan fingerprint density at radius 3 is 2.56 bits per heavy atom. The Balaban J connectivity index is 2.14. The summed E-state index contributed by atoms with van der Waals surface area (Å²) in [5, 5.41) is 12.0. The predicted octanol–water partition coefficient (Wildman–Crippen LogP) is 3.91. The van der Waals surface area contributed by atoms with Crippen molar-refractivity contribution in [3.05, 3.63) is 63.0 Å². The first-order chi connectivity index (χ1) is 8.70. The van der Waals surface area contributed by atoms with E-state index >= 15 is 0 Å². The minimum absolute atomic E-state index is 0.0583. The van der Waals surface area contributed by atoms with Gasteiger partial charge in [-0.2, -0.15) is 5.26 Å². The van der Waals surface area contributed by atoms with Gasteiger partial charge in [-0.1, -0.05) is 18.2 Å². The van der Waals surface area contributed by atoms with Crippen molar-refractivity contribution in [2.75, 3.05) is 5.32 Å². The number of halogens is 2. The normalized spacial score (nSPS) is 9.83. The molecule has 0 aromatic heterocycles. The van der Waals surface area contributed by atoms with Gasteiger partial charge in [0.15, 0.2) is 0 Å². The van der Waals surface area contributed by atoms with E-state index in [0.29, 0.717) is 12.2 Å². The number of benzene rings is 2. The van der Waals surface area contributed by atoms with Crippen molar-refractivity contribution in [3.63, 3.8) is 0 Å². The highest BCUT2D eigenvalue weighted by atomic mass is 127. The molecule has 0 aliphatic rings. The minimum atomic E-state index is -0.495. The molecule has 0 atom stereocenters. The molecule has 0 saturated heterocycles. The van der Waals surface area contributed by atoms with Crippen molar-refractivity contribution in [3.8, 4) is 6.07 Å². The van der Waals surface area contributed by atoms with Gasteiger partial charge in [0.2, 0.25) is 0 Å². The summed E-state index contributed by atoms with van der Waals surface area (Å²) in [5.74, 6) is -0.495. The smallest absolute Gasteiger partial charge is 0.143 e. The molecule has 0 unspecified atom stereocenters. The van der Waals surface area contributed by atoms with Gasteiger partial charge in [-0.3, -0.25) is 0 Å². The van der Waals surface area contributed by atoms with E-state index in [-0.39, 0.29) is 5.56 Å². The van der Waals surface area contributed by atoms with Crippen LogP contribution >= 0.6 is 22.6 Å². The van der Waals surface area contributed by atoms with Crippen molar-refractivity contribution in [2.45, 2.75) is 6.54 Å². The van der Waals surface area contributed by atoms with Crippen LogP contribution in [0.25, 0.3) is 0 Å². The maximum atomic E-state index is 13.4. The van der Waals surface area contributed by atoms with Crippen molar-refractivity contribution in [1.29, 1.82) is 5.26 Å². The Kier molecular flexibility index (Phi) is 4.15. The third-order valence-corrected chi connectivity index (χ3v) is 3.24. The second kappa shape index (κ2) is 5.83. The van der Waals surface area contributed by atoms with E-state index in [1.807, 2.05) is 30.3 Å². The molecule has 0 aliphatic heterocycles. The summed E-state index contributed by atoms with van der Waals surface area (Å²) in [6, 6.07) is 14.5. The molecule has 0 aliphatic carbocycles. The summed E-state index contributed by atoms with van der Waals surface area (Å²) in [6.45, 7) is 0.565. The first kappa shape index (κ1) is 12.8. The lowest BCUT2D eigenvalue weighted by molar-refractivity contribution is 0.624. The molecule has 0 saturated carbocycles. The van der Waals surface area contributed by atoms with Crippen LogP contribution in [0.1, 0.15) is 11.1 Å². The molecule has 18 heavy (non-hydrogen) atoms. The van der Waals surface area contributed by atoms with E-state index in [2.05, 4.69) is 27.9 Å². The van der Waals surface area contributed by atoms with E-state index in [0.717, 1.165) is 5.56 Å². The third-order valence-electron chi connectivity index (χ3n) is 2.52. The average molecular weight is 352 g/mol. The van der Waals surface area contributed by atoms with E-state index in [9.17, 15) is 4.39 Å². The summed E-state index contributed by atoms with van der Waals surface area (Å²) in [7, 11) is 0. The molecule has 0 spiro atoms. The Morgan fingerprint density at radius 1 is 1.17 bits per heavy atom. The molecule has 0 amide bonds. The summed E-state index contributed by atoms with van der Waals surface area (Å²) in [4.78, 5) is 0. The fourth-order valence-electron chi connectivity index (χ4n) is 1.58. The zero-order valence-electron chi connectivity index (χ0n) is 9.45. The molecular weight excluding hydrogens is 342 g/mol. The van der Waals surface area contributed by atoms with Crippen LogP contribution in [0, 0.1) is 20.7 Å². The highest BCUT2D eigenvalue weighted by molar-refractivity contribution is 14.1. The minimum Gasteiger partial charge on any atom is -0.380 e. The van der Waals surface area contributed by atoms with Gasteiger partial charge >= 0.3 is 0 Å². The fourth-order valence-corrected chi connectivity index (χ4v) is 1.94. The lowest BCUT2D eigenvalue weighted by atomic mass is 10.1. The summed E-state index contributed by atoms with van der Waals surface area (Å²) < 4.78 is 14.5. The lowest BCUT2D eigenvalue weighted by Gasteiger charge is -2.08. The molecule has 2 aromatic carbocycles. The molecular formula is C14H10FIN2. The van der Waals surface area contributed by atoms with Crippen molar-refractivity contribution in [1.82, 2.24) is 0 Å². The highest BCUT2D eigenvalue weighted by Crippen LogP contribution is 2.18. The molecule has 4 heteroatoms. The zero-order valence-corrected chi connectivity index (χ0v) is 11.6. The number of nitrogens with zero attached hydrogens (tertiary/aromatic N) is 1. The van der Waals surface area contributed by atoms with Crippen LogP contribution in [-0.2, 0) is 6.54 Å². The quantitative estimate of drug-likeness (QED) is 0.851. The van der Waals surface area contributed by atoms with Crippen LogP contribution in [0.15, 0.2) is 42.5 Å². The molecule has 2 aromatic rings. The largest absolute Gasteiger partial charge is 0.380 e. The fraction of sp³-hybridized carbons (Fsp3) is 0.0714. The summed E-state index contributed by atoms with van der Waals surface area (Å²) in [6.07, 6.45) is 0. The van der Waals surface area contributed by atoms with Crippen molar-refractivity contribution in [2.24, 2.45) is 0 Å². The van der Waals surface area contributed by atoms with Crippen LogP contribution < -0.4 is 5.32 Å². The van der Waals surface area contributed by atoms with Crippen LogP contribution in [0.3, 0.4) is 0 Å². The average Bonchev–Trinajstić information content (AvgIpc) is 2.38. The monoisotopic (exact) mass is 352 g/mol. The van der Waals surface area contributed by atoms with Crippen LogP contribution in [-0.4, -0.2) is 0 Å². The van der Waals surface area contributed by atoms with Gasteiger partial charge in [0.25, 0.3) is 0 Å². The van der Waals surface area contributed by atoms with E-state index < -0.39 is 5.82 Å². The van der Waals surface area contributed by atoms with Crippen molar-refractivity contribution >= 4 is 28.3 Å². The van der Waals surface area contributed by atoms with Gasteiger partial charge in [0, 0.05) is 10.1 Å². The van der Waals surface area contributed by atoms with Crippen LogP contribution in [0.4, 0.5) is 10.1 Å². The Hall–Kier alpha value is -1.61. The number of rotatable bonds is 3. The van der Waals surface area contributed by atoms with Crippen LogP contribution in [0.5, 0.6) is 0 Å². The maximum Gasteiger partial charge on any atom is 0.143 e. The number of hydrogen-bond donors (Lipinski definition) is 1. The second-order valence-electron chi connectivity index (χ2n) is 3.75. The summed E-state index contributed by atoms with van der Waals surface area (Å²) >= 11 is 2.24. The predicted molar refractivity (Wildman–Crippen MR) is 77.6 cm³/mol. The lowest BCUT2D eigenvalue weighted by Crippen LogP contribution is -2.02. The van der Waals surface area contributed by atoms with Crippen molar-refractivity contribution < 1.29 is 4.39 Å². The van der Waals surface area contributed by atoms with Gasteiger partial charge < -0.3 is 5.32 Å². The Bertz CT molecular complexity index is 588. The molecule has 90 valence electrons. The molecule has 2 rings (SSSR count). The first-order valence-electron chi connectivity index (χ1n) is 5.37. The second-order valence-corrected chi connectivity index (χ2v) is 5.00. The molecule has 0 heterocycles. The van der Waals surface area contributed by atoms with Gasteiger partial charge in [-0.15, -0.1) is 0 Å². The molecule has 1 N–H and O–H groups in total. The first-order valence-corrected chi connectivity index (χ1v) is 6.45. The van der Waals surface area contributed by atoms with E-state index in [1.165, 1.54) is 9.64 Å². The topological polar surface area (TPSA) is 35.8 Å². The van der Waals surface area contributed by atoms with Crippen LogP contribution in [0.2, 0.25) is 0 Å². The van der Waals surface area contributed by atoms with E-state index in [4.69, 9.17) is 5.26 Å². The third kappa shape index (κ3) is 2.99. The molecule has 2 nitrogen and oxygen atoms in total.